The van der Waals surface area contributed by atoms with E-state index in [1.807, 2.05) is 13.0 Å². The predicted octanol–water partition coefficient (Wildman–Crippen LogP) is 1.96. The first-order chi connectivity index (χ1) is 11.5. The van der Waals surface area contributed by atoms with Crippen LogP contribution in [0.1, 0.15) is 42.6 Å². The van der Waals surface area contributed by atoms with Gasteiger partial charge in [-0.25, -0.2) is 0 Å². The molecule has 0 radical (unpaired) electrons. The van der Waals surface area contributed by atoms with Gasteiger partial charge in [-0.1, -0.05) is 6.92 Å². The summed E-state index contributed by atoms with van der Waals surface area (Å²) in [5, 5.41) is 3.06. The Morgan fingerprint density at radius 2 is 2.29 bits per heavy atom. The smallest absolute Gasteiger partial charge is 0.255 e. The van der Waals surface area contributed by atoms with Crippen LogP contribution in [0.15, 0.2) is 17.0 Å². The SMILES string of the molecule is CCN1CCCC1CNC(=O)c1cc([S+](C)[O-])cc2c1OC(C)C2. The van der Waals surface area contributed by atoms with E-state index >= 15 is 0 Å². The second-order valence-electron chi connectivity index (χ2n) is 6.68. The van der Waals surface area contributed by atoms with E-state index < -0.39 is 11.2 Å². The summed E-state index contributed by atoms with van der Waals surface area (Å²) < 4.78 is 17.7. The Kier molecular flexibility index (Phi) is 5.37. The molecule has 2 aliphatic heterocycles. The summed E-state index contributed by atoms with van der Waals surface area (Å²) in [5.41, 5.74) is 1.50. The van der Waals surface area contributed by atoms with Gasteiger partial charge in [0.05, 0.1) is 5.56 Å². The fourth-order valence-electron chi connectivity index (χ4n) is 3.69. The number of ether oxygens (including phenoxy) is 1. The van der Waals surface area contributed by atoms with Crippen LogP contribution in [-0.4, -0.2) is 53.4 Å². The van der Waals surface area contributed by atoms with Crippen molar-refractivity contribution in [1.82, 2.24) is 10.2 Å². The number of nitrogens with one attached hydrogen (secondary N) is 1. The van der Waals surface area contributed by atoms with Gasteiger partial charge >= 0.3 is 0 Å². The molecule has 0 aromatic heterocycles. The van der Waals surface area contributed by atoms with Gasteiger partial charge in [-0.15, -0.1) is 0 Å². The van der Waals surface area contributed by atoms with E-state index in [2.05, 4.69) is 17.1 Å². The van der Waals surface area contributed by atoms with Crippen molar-refractivity contribution in [2.24, 2.45) is 0 Å². The second-order valence-corrected chi connectivity index (χ2v) is 8.06. The van der Waals surface area contributed by atoms with Crippen molar-refractivity contribution in [1.29, 1.82) is 0 Å². The normalized spacial score (nSPS) is 24.5. The van der Waals surface area contributed by atoms with Crippen LogP contribution in [-0.2, 0) is 17.6 Å². The monoisotopic (exact) mass is 350 g/mol. The van der Waals surface area contributed by atoms with Crippen molar-refractivity contribution in [3.8, 4) is 5.75 Å². The third kappa shape index (κ3) is 3.55. The van der Waals surface area contributed by atoms with Gasteiger partial charge in [0.25, 0.3) is 5.91 Å². The maximum absolute atomic E-state index is 12.7. The number of carbonyl (C=O) groups excluding carboxylic acids is 1. The van der Waals surface area contributed by atoms with Crippen LogP contribution >= 0.6 is 0 Å². The Morgan fingerprint density at radius 3 is 3.00 bits per heavy atom. The molecule has 1 fully saturated rings. The first-order valence-electron chi connectivity index (χ1n) is 8.68. The summed E-state index contributed by atoms with van der Waals surface area (Å²) in [5.74, 6) is 0.531. The number of likely N-dealkylation sites (tertiary alicyclic amines) is 1. The van der Waals surface area contributed by atoms with E-state index in [0.29, 0.717) is 28.8 Å². The van der Waals surface area contributed by atoms with Crippen molar-refractivity contribution in [3.05, 3.63) is 23.3 Å². The average Bonchev–Trinajstić information content (AvgIpc) is 3.15. The number of amides is 1. The molecule has 0 spiro atoms. The molecule has 1 saturated heterocycles. The molecule has 3 atom stereocenters. The summed E-state index contributed by atoms with van der Waals surface area (Å²) >= 11 is -1.12. The zero-order valence-corrected chi connectivity index (χ0v) is 15.4. The first kappa shape index (κ1) is 17.6. The lowest BCUT2D eigenvalue weighted by molar-refractivity contribution is 0.0936. The van der Waals surface area contributed by atoms with E-state index in [0.717, 1.165) is 31.5 Å². The maximum atomic E-state index is 12.7. The minimum Gasteiger partial charge on any atom is -0.612 e. The number of carbonyl (C=O) groups is 1. The highest BCUT2D eigenvalue weighted by atomic mass is 32.2. The van der Waals surface area contributed by atoms with Gasteiger partial charge in [0.2, 0.25) is 0 Å². The van der Waals surface area contributed by atoms with E-state index in [-0.39, 0.29) is 12.0 Å². The van der Waals surface area contributed by atoms with Gasteiger partial charge in [0.1, 0.15) is 18.1 Å². The van der Waals surface area contributed by atoms with E-state index in [9.17, 15) is 9.35 Å². The Hall–Kier alpha value is -1.24. The van der Waals surface area contributed by atoms with Gasteiger partial charge in [-0.2, -0.15) is 0 Å². The molecule has 0 aliphatic carbocycles. The number of hydrogen-bond acceptors (Lipinski definition) is 4. The van der Waals surface area contributed by atoms with E-state index in [1.165, 1.54) is 6.42 Å². The fraction of sp³-hybridized carbons (Fsp3) is 0.611. The lowest BCUT2D eigenvalue weighted by atomic mass is 10.1. The van der Waals surface area contributed by atoms with Crippen LogP contribution in [0.3, 0.4) is 0 Å². The molecular formula is C18H26N2O3S. The Bertz CT molecular complexity index is 621. The zero-order valence-electron chi connectivity index (χ0n) is 14.6. The van der Waals surface area contributed by atoms with Crippen molar-refractivity contribution in [2.45, 2.75) is 50.2 Å². The molecule has 132 valence electrons. The molecular weight excluding hydrogens is 324 g/mol. The maximum Gasteiger partial charge on any atom is 0.255 e. The second kappa shape index (κ2) is 7.33. The molecule has 2 heterocycles. The molecule has 6 heteroatoms. The predicted molar refractivity (Wildman–Crippen MR) is 95.2 cm³/mol. The number of nitrogens with zero attached hydrogens (tertiary/aromatic N) is 1. The molecule has 1 aromatic carbocycles. The number of rotatable bonds is 5. The third-order valence-electron chi connectivity index (χ3n) is 4.95. The highest BCUT2D eigenvalue weighted by Crippen LogP contribution is 2.35. The van der Waals surface area contributed by atoms with Crippen molar-refractivity contribution in [2.75, 3.05) is 25.9 Å². The van der Waals surface area contributed by atoms with Gasteiger partial charge < -0.3 is 14.6 Å². The number of benzene rings is 1. The Balaban J connectivity index is 1.77. The topological polar surface area (TPSA) is 64.6 Å². The van der Waals surface area contributed by atoms with E-state index in [1.54, 1.807) is 12.3 Å². The fourth-order valence-corrected chi connectivity index (χ4v) is 4.28. The summed E-state index contributed by atoms with van der Waals surface area (Å²) in [6.45, 7) is 6.92. The highest BCUT2D eigenvalue weighted by molar-refractivity contribution is 7.90. The van der Waals surface area contributed by atoms with Crippen molar-refractivity contribution >= 4 is 17.1 Å². The van der Waals surface area contributed by atoms with Crippen LogP contribution in [0.2, 0.25) is 0 Å². The average molecular weight is 350 g/mol. The third-order valence-corrected chi connectivity index (χ3v) is 5.85. The summed E-state index contributed by atoms with van der Waals surface area (Å²) in [6, 6.07) is 4.03. The number of fused-ring (bicyclic) bond motifs is 1. The summed E-state index contributed by atoms with van der Waals surface area (Å²) in [4.78, 5) is 15.8. The standard InChI is InChI=1S/C18H26N2O3S/c1-4-20-7-5-6-14(20)11-19-18(21)16-10-15(24(3)22)9-13-8-12(2)23-17(13)16/h9-10,12,14H,4-8,11H2,1-3H3,(H,19,21). The minimum atomic E-state index is -1.12. The molecule has 5 nitrogen and oxygen atoms in total. The van der Waals surface area contributed by atoms with Crippen LogP contribution < -0.4 is 10.1 Å². The Morgan fingerprint density at radius 1 is 1.50 bits per heavy atom. The molecule has 0 bridgehead atoms. The quantitative estimate of drug-likeness (QED) is 0.825. The molecule has 0 saturated carbocycles. The molecule has 3 unspecified atom stereocenters. The van der Waals surface area contributed by atoms with Crippen LogP contribution in [0.25, 0.3) is 0 Å². The van der Waals surface area contributed by atoms with Crippen LogP contribution in [0.4, 0.5) is 0 Å². The summed E-state index contributed by atoms with van der Waals surface area (Å²) in [6.07, 6.45) is 4.76. The Labute approximate surface area is 146 Å². The van der Waals surface area contributed by atoms with Crippen molar-refractivity contribution < 1.29 is 14.1 Å². The van der Waals surface area contributed by atoms with Gasteiger partial charge in [0.15, 0.2) is 4.90 Å². The molecule has 2 aliphatic rings. The van der Waals surface area contributed by atoms with Crippen molar-refractivity contribution in [3.63, 3.8) is 0 Å². The number of likely N-dealkylation sites (N-methyl/N-ethyl adjacent to an activating group) is 1. The first-order valence-corrected chi connectivity index (χ1v) is 10.2. The zero-order chi connectivity index (χ0) is 17.3. The molecule has 1 aromatic rings. The van der Waals surface area contributed by atoms with Gasteiger partial charge in [0, 0.05) is 36.7 Å². The molecule has 24 heavy (non-hydrogen) atoms. The van der Waals surface area contributed by atoms with Gasteiger partial charge in [-0.3, -0.25) is 9.69 Å². The molecule has 3 rings (SSSR count). The van der Waals surface area contributed by atoms with E-state index in [4.69, 9.17) is 4.74 Å². The van der Waals surface area contributed by atoms with Gasteiger partial charge in [-0.05, 0) is 44.0 Å². The summed E-state index contributed by atoms with van der Waals surface area (Å²) in [7, 11) is 0. The minimum absolute atomic E-state index is 0.0532. The largest absolute Gasteiger partial charge is 0.612 e. The number of hydrogen-bond donors (Lipinski definition) is 1. The highest BCUT2D eigenvalue weighted by Gasteiger charge is 2.29. The molecule has 1 amide bonds. The lowest BCUT2D eigenvalue weighted by Crippen LogP contribution is -2.40. The van der Waals surface area contributed by atoms with Crippen LogP contribution in [0.5, 0.6) is 5.75 Å². The lowest BCUT2D eigenvalue weighted by Gasteiger charge is -2.23. The van der Waals surface area contributed by atoms with Crippen LogP contribution in [0, 0.1) is 0 Å². The molecule has 1 N–H and O–H groups in total.